The van der Waals surface area contributed by atoms with Crippen LogP contribution in [0.2, 0.25) is 0 Å². The predicted octanol–water partition coefficient (Wildman–Crippen LogP) is 1.91. The fourth-order valence-corrected chi connectivity index (χ4v) is 2.35. The highest BCUT2D eigenvalue weighted by molar-refractivity contribution is 14.1. The summed E-state index contributed by atoms with van der Waals surface area (Å²) in [6.45, 7) is 0. The van der Waals surface area contributed by atoms with E-state index < -0.39 is 0 Å². The van der Waals surface area contributed by atoms with Crippen molar-refractivity contribution in [1.82, 2.24) is 0 Å². The van der Waals surface area contributed by atoms with E-state index in [1.54, 1.807) is 0 Å². The lowest BCUT2D eigenvalue weighted by Crippen LogP contribution is -2.34. The Labute approximate surface area is 74.5 Å². The summed E-state index contributed by atoms with van der Waals surface area (Å²) >= 11 is 8.36. The standard InChI is InChI=1S/C6H11ClIN/c7-5-2-1-4(9)3-6(5)8/h4-6H,1-3,9H2. The molecule has 3 heteroatoms. The third-order valence-electron chi connectivity index (χ3n) is 1.73. The summed E-state index contributed by atoms with van der Waals surface area (Å²) in [6, 6.07) is 0.405. The van der Waals surface area contributed by atoms with Gasteiger partial charge in [-0.3, -0.25) is 0 Å². The molecule has 3 unspecified atom stereocenters. The molecular weight excluding hydrogens is 248 g/mol. The van der Waals surface area contributed by atoms with Crippen molar-refractivity contribution in [2.24, 2.45) is 5.73 Å². The van der Waals surface area contributed by atoms with Gasteiger partial charge in [0.25, 0.3) is 0 Å². The minimum Gasteiger partial charge on any atom is -0.328 e. The van der Waals surface area contributed by atoms with Crippen LogP contribution in [-0.2, 0) is 0 Å². The Kier molecular flexibility index (Phi) is 3.05. The molecule has 0 aromatic rings. The molecule has 0 saturated heterocycles. The first-order valence-corrected chi connectivity index (χ1v) is 4.92. The molecule has 0 radical (unpaired) electrons. The van der Waals surface area contributed by atoms with Crippen molar-refractivity contribution in [3.8, 4) is 0 Å². The molecule has 54 valence electrons. The Morgan fingerprint density at radius 3 is 2.56 bits per heavy atom. The first-order valence-electron chi connectivity index (χ1n) is 3.24. The zero-order valence-electron chi connectivity index (χ0n) is 5.19. The van der Waals surface area contributed by atoms with Crippen LogP contribution < -0.4 is 5.73 Å². The van der Waals surface area contributed by atoms with E-state index in [4.69, 9.17) is 17.3 Å². The second-order valence-corrected chi connectivity index (χ2v) is 4.77. The third kappa shape index (κ3) is 2.24. The lowest BCUT2D eigenvalue weighted by atomic mass is 9.96. The van der Waals surface area contributed by atoms with Gasteiger partial charge in [0.05, 0.1) is 0 Å². The summed E-state index contributed by atoms with van der Waals surface area (Å²) in [7, 11) is 0. The Hall–Kier alpha value is 0.980. The van der Waals surface area contributed by atoms with Crippen molar-refractivity contribution < 1.29 is 0 Å². The Morgan fingerprint density at radius 1 is 1.44 bits per heavy atom. The lowest BCUT2D eigenvalue weighted by Gasteiger charge is -2.26. The third-order valence-corrected chi connectivity index (χ3v) is 4.06. The van der Waals surface area contributed by atoms with Gasteiger partial charge in [0, 0.05) is 15.3 Å². The summed E-state index contributed by atoms with van der Waals surface area (Å²) in [6.07, 6.45) is 3.29. The fourth-order valence-electron chi connectivity index (χ4n) is 1.11. The summed E-state index contributed by atoms with van der Waals surface area (Å²) in [5, 5.41) is 0.366. The van der Waals surface area contributed by atoms with E-state index in [1.807, 2.05) is 0 Å². The highest BCUT2D eigenvalue weighted by Crippen LogP contribution is 2.28. The maximum atomic E-state index is 5.97. The predicted molar refractivity (Wildman–Crippen MR) is 49.3 cm³/mol. The van der Waals surface area contributed by atoms with Crippen LogP contribution in [0.4, 0.5) is 0 Å². The minimum atomic E-state index is 0.366. The number of rotatable bonds is 0. The molecule has 0 heterocycles. The fraction of sp³-hybridized carbons (Fsp3) is 1.00. The smallest absolute Gasteiger partial charge is 0.0454 e. The molecule has 0 spiro atoms. The Bertz CT molecular complexity index is 99.1. The molecule has 1 fully saturated rings. The van der Waals surface area contributed by atoms with E-state index in [1.165, 1.54) is 0 Å². The molecule has 2 N–H and O–H groups in total. The molecule has 1 saturated carbocycles. The van der Waals surface area contributed by atoms with Gasteiger partial charge in [-0.15, -0.1) is 11.6 Å². The molecular formula is C6H11ClIN. The molecule has 0 aliphatic heterocycles. The summed E-state index contributed by atoms with van der Waals surface area (Å²) in [4.78, 5) is 0. The Balaban J connectivity index is 2.35. The topological polar surface area (TPSA) is 26.0 Å². The zero-order valence-corrected chi connectivity index (χ0v) is 8.10. The van der Waals surface area contributed by atoms with E-state index in [0.717, 1.165) is 19.3 Å². The van der Waals surface area contributed by atoms with E-state index in [0.29, 0.717) is 15.3 Å². The second-order valence-electron chi connectivity index (χ2n) is 2.61. The average Bonchev–Trinajstić information content (AvgIpc) is 1.80. The van der Waals surface area contributed by atoms with Gasteiger partial charge in [-0.05, 0) is 19.3 Å². The van der Waals surface area contributed by atoms with Crippen LogP contribution in [0.1, 0.15) is 19.3 Å². The molecule has 9 heavy (non-hydrogen) atoms. The van der Waals surface area contributed by atoms with Gasteiger partial charge in [-0.1, -0.05) is 22.6 Å². The molecule has 1 aliphatic carbocycles. The molecule has 1 aliphatic rings. The van der Waals surface area contributed by atoms with Crippen molar-refractivity contribution in [3.05, 3.63) is 0 Å². The Morgan fingerprint density at radius 2 is 2.11 bits per heavy atom. The number of hydrogen-bond donors (Lipinski definition) is 1. The van der Waals surface area contributed by atoms with Gasteiger partial charge in [0.1, 0.15) is 0 Å². The first kappa shape index (κ1) is 8.08. The molecule has 0 amide bonds. The van der Waals surface area contributed by atoms with Crippen molar-refractivity contribution in [2.45, 2.75) is 34.6 Å². The van der Waals surface area contributed by atoms with Crippen molar-refractivity contribution in [2.75, 3.05) is 0 Å². The normalized spacial score (nSPS) is 45.0. The van der Waals surface area contributed by atoms with E-state index >= 15 is 0 Å². The zero-order chi connectivity index (χ0) is 6.85. The maximum absolute atomic E-state index is 5.97. The quantitative estimate of drug-likeness (QED) is 0.522. The summed E-state index contributed by atoms with van der Waals surface area (Å²) in [5.74, 6) is 0. The van der Waals surface area contributed by atoms with E-state index in [-0.39, 0.29) is 0 Å². The lowest BCUT2D eigenvalue weighted by molar-refractivity contribution is 0.466. The number of alkyl halides is 2. The summed E-state index contributed by atoms with van der Waals surface area (Å²) < 4.78 is 0.591. The van der Waals surface area contributed by atoms with E-state index in [2.05, 4.69) is 22.6 Å². The highest BCUT2D eigenvalue weighted by atomic mass is 127. The maximum Gasteiger partial charge on any atom is 0.0454 e. The molecule has 0 aromatic carbocycles. The molecule has 1 rings (SSSR count). The van der Waals surface area contributed by atoms with Crippen LogP contribution >= 0.6 is 34.2 Å². The van der Waals surface area contributed by atoms with Crippen molar-refractivity contribution in [1.29, 1.82) is 0 Å². The van der Waals surface area contributed by atoms with Crippen molar-refractivity contribution in [3.63, 3.8) is 0 Å². The summed E-state index contributed by atoms with van der Waals surface area (Å²) in [5.41, 5.74) is 5.72. The van der Waals surface area contributed by atoms with Gasteiger partial charge in [-0.2, -0.15) is 0 Å². The van der Waals surface area contributed by atoms with Crippen LogP contribution in [-0.4, -0.2) is 15.3 Å². The molecule has 0 bridgehead atoms. The second kappa shape index (κ2) is 3.39. The van der Waals surface area contributed by atoms with Crippen LogP contribution in [0, 0.1) is 0 Å². The monoisotopic (exact) mass is 259 g/mol. The largest absolute Gasteiger partial charge is 0.328 e. The van der Waals surface area contributed by atoms with Gasteiger partial charge in [-0.25, -0.2) is 0 Å². The number of nitrogens with two attached hydrogens (primary N) is 1. The van der Waals surface area contributed by atoms with Crippen LogP contribution in [0.5, 0.6) is 0 Å². The van der Waals surface area contributed by atoms with Gasteiger partial charge >= 0.3 is 0 Å². The average molecular weight is 260 g/mol. The van der Waals surface area contributed by atoms with Crippen molar-refractivity contribution >= 4 is 34.2 Å². The number of halogens is 2. The van der Waals surface area contributed by atoms with Gasteiger partial charge in [0.15, 0.2) is 0 Å². The van der Waals surface area contributed by atoms with Crippen LogP contribution in [0.3, 0.4) is 0 Å². The molecule has 1 nitrogen and oxygen atoms in total. The highest BCUT2D eigenvalue weighted by Gasteiger charge is 2.24. The molecule has 3 atom stereocenters. The minimum absolute atomic E-state index is 0.366. The van der Waals surface area contributed by atoms with Crippen LogP contribution in [0.25, 0.3) is 0 Å². The van der Waals surface area contributed by atoms with Gasteiger partial charge < -0.3 is 5.73 Å². The molecule has 0 aromatic heterocycles. The SMILES string of the molecule is NC1CCC(Cl)C(I)C1. The van der Waals surface area contributed by atoms with Gasteiger partial charge in [0.2, 0.25) is 0 Å². The van der Waals surface area contributed by atoms with E-state index in [9.17, 15) is 0 Å². The first-order chi connectivity index (χ1) is 4.20. The van der Waals surface area contributed by atoms with Crippen LogP contribution in [0.15, 0.2) is 0 Å². The number of hydrogen-bond acceptors (Lipinski definition) is 1.